The Balaban J connectivity index is 0.000000309. The van der Waals surface area contributed by atoms with Gasteiger partial charge in [-0.2, -0.15) is 0 Å². The fourth-order valence-electron chi connectivity index (χ4n) is 3.98. The van der Waals surface area contributed by atoms with E-state index in [0.717, 1.165) is 25.5 Å². The zero-order chi connectivity index (χ0) is 19.9. The lowest BCUT2D eigenvalue weighted by Gasteiger charge is -2.24. The lowest BCUT2D eigenvalue weighted by atomic mass is 9.85. The third-order valence-corrected chi connectivity index (χ3v) is 5.56. The molecule has 0 spiro atoms. The minimum atomic E-state index is -0.694. The lowest BCUT2D eigenvalue weighted by Crippen LogP contribution is -2.37. The number of aliphatic hydroxyl groups is 1. The molecule has 27 heavy (non-hydrogen) atoms. The largest absolute Gasteiger partial charge is 0.465 e. The first-order valence-electron chi connectivity index (χ1n) is 10.6. The van der Waals surface area contributed by atoms with Gasteiger partial charge in [0, 0.05) is 0 Å². The quantitative estimate of drug-likeness (QED) is 0.470. The van der Waals surface area contributed by atoms with Gasteiger partial charge in [-0.3, -0.25) is 10.1 Å². The predicted molar refractivity (Wildman–Crippen MR) is 104 cm³/mol. The molecule has 2 fully saturated rings. The van der Waals surface area contributed by atoms with Gasteiger partial charge in [0.1, 0.15) is 18.7 Å². The molecular weight excluding hydrogens is 346 g/mol. The van der Waals surface area contributed by atoms with E-state index < -0.39 is 6.10 Å². The number of carbonyl (C=O) groups is 3. The van der Waals surface area contributed by atoms with Crippen LogP contribution in [0.1, 0.15) is 77.6 Å². The summed E-state index contributed by atoms with van der Waals surface area (Å²) in [4.78, 5) is 32.2. The van der Waals surface area contributed by atoms with Crippen LogP contribution >= 0.6 is 0 Å². The van der Waals surface area contributed by atoms with Crippen molar-refractivity contribution >= 4 is 18.5 Å². The van der Waals surface area contributed by atoms with Gasteiger partial charge in [0.15, 0.2) is 0 Å². The molecule has 156 valence electrons. The summed E-state index contributed by atoms with van der Waals surface area (Å²) in [5.74, 6) is 0.600. The van der Waals surface area contributed by atoms with Gasteiger partial charge in [0.2, 0.25) is 0 Å². The molecule has 2 saturated carbocycles. The number of aldehydes is 2. The molecule has 6 nitrogen and oxygen atoms in total. The van der Waals surface area contributed by atoms with Crippen LogP contribution in [0.3, 0.4) is 0 Å². The Hall–Kier alpha value is -1.27. The van der Waals surface area contributed by atoms with E-state index in [4.69, 9.17) is 9.84 Å². The zero-order valence-electron chi connectivity index (χ0n) is 16.7. The number of hydrogen-bond donors (Lipinski definition) is 2. The van der Waals surface area contributed by atoms with Crippen molar-refractivity contribution in [3.63, 3.8) is 0 Å². The van der Waals surface area contributed by atoms with Crippen LogP contribution in [0.25, 0.3) is 0 Å². The number of rotatable bonds is 9. The topological polar surface area (TPSA) is 92.7 Å². The number of esters is 1. The van der Waals surface area contributed by atoms with Crippen molar-refractivity contribution in [2.45, 2.75) is 89.7 Å². The highest BCUT2D eigenvalue weighted by Gasteiger charge is 2.20. The molecule has 0 heterocycles. The van der Waals surface area contributed by atoms with Crippen LogP contribution in [0.2, 0.25) is 0 Å². The third-order valence-electron chi connectivity index (χ3n) is 5.56. The summed E-state index contributed by atoms with van der Waals surface area (Å²) in [7, 11) is 0. The van der Waals surface area contributed by atoms with Crippen molar-refractivity contribution < 1.29 is 24.2 Å². The number of aliphatic hydroxyl groups excluding tert-OH is 1. The molecule has 0 aromatic rings. The summed E-state index contributed by atoms with van der Waals surface area (Å²) in [5, 5.41) is 12.1. The predicted octanol–water partition coefficient (Wildman–Crippen LogP) is 2.80. The molecule has 2 N–H and O–H groups in total. The average molecular weight is 384 g/mol. The van der Waals surface area contributed by atoms with Gasteiger partial charge >= 0.3 is 5.97 Å². The van der Waals surface area contributed by atoms with Crippen molar-refractivity contribution in [2.75, 3.05) is 13.2 Å². The van der Waals surface area contributed by atoms with Gasteiger partial charge < -0.3 is 19.4 Å². The number of ether oxygens (including phenoxy) is 1. The second-order valence-electron chi connectivity index (χ2n) is 7.69. The first-order chi connectivity index (χ1) is 13.1. The molecule has 2 aliphatic carbocycles. The number of nitrogens with one attached hydrogen (secondary N) is 1. The first-order valence-corrected chi connectivity index (χ1v) is 10.6. The maximum atomic E-state index is 11.2. The standard InChI is InChI=1S/C13H23NO3.C8H14O2/c1-2-17-13(16)9-14-12(10-15)8-11-6-4-3-5-7-11;9-6-8(10)7-4-2-1-3-5-7/h10-12,14H,2-9H2,1H3;6-8,10H,1-5H2. The van der Waals surface area contributed by atoms with Crippen LogP contribution in [0.15, 0.2) is 0 Å². The summed E-state index contributed by atoms with van der Waals surface area (Å²) in [6.45, 7) is 2.29. The van der Waals surface area contributed by atoms with Crippen molar-refractivity contribution in [3.8, 4) is 0 Å². The van der Waals surface area contributed by atoms with Gasteiger partial charge in [-0.25, -0.2) is 0 Å². The van der Waals surface area contributed by atoms with E-state index in [1.165, 1.54) is 51.4 Å². The normalized spacial score (nSPS) is 20.7. The van der Waals surface area contributed by atoms with Gasteiger partial charge in [-0.05, 0) is 38.0 Å². The molecule has 2 atom stereocenters. The SMILES string of the molecule is CCOC(=O)CNC(C=O)CC1CCCCC1.O=CC(O)C1CCCCC1. The van der Waals surface area contributed by atoms with Crippen molar-refractivity contribution in [1.82, 2.24) is 5.32 Å². The minimum Gasteiger partial charge on any atom is -0.465 e. The third kappa shape index (κ3) is 10.6. The van der Waals surface area contributed by atoms with E-state index in [-0.39, 0.29) is 24.5 Å². The van der Waals surface area contributed by atoms with Crippen molar-refractivity contribution in [1.29, 1.82) is 0 Å². The molecule has 2 unspecified atom stereocenters. The maximum absolute atomic E-state index is 11.2. The van der Waals surface area contributed by atoms with E-state index in [9.17, 15) is 14.4 Å². The van der Waals surface area contributed by atoms with E-state index in [1.807, 2.05) is 0 Å². The highest BCUT2D eigenvalue weighted by atomic mass is 16.5. The Morgan fingerprint density at radius 3 is 2.15 bits per heavy atom. The second-order valence-corrected chi connectivity index (χ2v) is 7.69. The molecule has 0 aromatic carbocycles. The van der Waals surface area contributed by atoms with Gasteiger partial charge in [-0.1, -0.05) is 51.4 Å². The Bertz CT molecular complexity index is 417. The van der Waals surface area contributed by atoms with Crippen molar-refractivity contribution in [2.24, 2.45) is 11.8 Å². The molecule has 0 aliphatic heterocycles. The molecule has 0 radical (unpaired) electrons. The highest BCUT2D eigenvalue weighted by Crippen LogP contribution is 2.27. The molecule has 2 aliphatic rings. The fourth-order valence-corrected chi connectivity index (χ4v) is 3.98. The summed E-state index contributed by atoms with van der Waals surface area (Å²) < 4.78 is 4.81. The van der Waals surface area contributed by atoms with Crippen LogP contribution in [-0.4, -0.2) is 48.9 Å². The van der Waals surface area contributed by atoms with E-state index >= 15 is 0 Å². The van der Waals surface area contributed by atoms with E-state index in [0.29, 0.717) is 18.8 Å². The van der Waals surface area contributed by atoms with Crippen LogP contribution in [0, 0.1) is 11.8 Å². The Morgan fingerprint density at radius 2 is 1.63 bits per heavy atom. The second kappa shape index (κ2) is 14.7. The Labute approximate surface area is 163 Å². The summed E-state index contributed by atoms with van der Waals surface area (Å²) in [6.07, 6.45) is 13.7. The lowest BCUT2D eigenvalue weighted by molar-refractivity contribution is -0.142. The van der Waals surface area contributed by atoms with Gasteiger partial charge in [0.05, 0.1) is 19.2 Å². The van der Waals surface area contributed by atoms with Crippen LogP contribution < -0.4 is 5.32 Å². The molecule has 6 heteroatoms. The first kappa shape index (κ1) is 23.8. The number of hydrogen-bond acceptors (Lipinski definition) is 6. The molecule has 0 bridgehead atoms. The van der Waals surface area contributed by atoms with Crippen LogP contribution in [-0.2, 0) is 19.1 Å². The number of carbonyl (C=O) groups excluding carboxylic acids is 3. The molecule has 0 aromatic heterocycles. The minimum absolute atomic E-state index is 0.129. The molecule has 2 rings (SSSR count). The summed E-state index contributed by atoms with van der Waals surface area (Å²) in [5.41, 5.74) is 0. The molecule has 0 amide bonds. The fraction of sp³-hybridized carbons (Fsp3) is 0.857. The van der Waals surface area contributed by atoms with Crippen LogP contribution in [0.5, 0.6) is 0 Å². The average Bonchev–Trinajstić information content (AvgIpc) is 2.72. The highest BCUT2D eigenvalue weighted by molar-refractivity contribution is 5.72. The Morgan fingerprint density at radius 1 is 1.04 bits per heavy atom. The van der Waals surface area contributed by atoms with Gasteiger partial charge in [-0.15, -0.1) is 0 Å². The maximum Gasteiger partial charge on any atom is 0.319 e. The summed E-state index contributed by atoms with van der Waals surface area (Å²) >= 11 is 0. The Kier molecular flexibility index (Phi) is 13.0. The molecule has 0 saturated heterocycles. The van der Waals surface area contributed by atoms with E-state index in [2.05, 4.69) is 5.32 Å². The molecular formula is C21H37NO5. The monoisotopic (exact) mass is 383 g/mol. The zero-order valence-corrected chi connectivity index (χ0v) is 16.7. The van der Waals surface area contributed by atoms with Crippen LogP contribution in [0.4, 0.5) is 0 Å². The van der Waals surface area contributed by atoms with E-state index in [1.54, 1.807) is 6.92 Å². The summed E-state index contributed by atoms with van der Waals surface area (Å²) in [6, 6.07) is -0.206. The van der Waals surface area contributed by atoms with Crippen molar-refractivity contribution in [3.05, 3.63) is 0 Å². The smallest absolute Gasteiger partial charge is 0.319 e. The van der Waals surface area contributed by atoms with Gasteiger partial charge in [0.25, 0.3) is 0 Å².